The zero-order valence-electron chi connectivity index (χ0n) is 15.1. The highest BCUT2D eigenvalue weighted by molar-refractivity contribution is 5.62. The molecule has 0 aliphatic heterocycles. The molecule has 0 unspecified atom stereocenters. The molecule has 0 spiro atoms. The smallest absolute Gasteiger partial charge is 0.163 e. The zero-order valence-corrected chi connectivity index (χ0v) is 15.1. The van der Waals surface area contributed by atoms with Crippen molar-refractivity contribution >= 4 is 11.6 Å². The summed E-state index contributed by atoms with van der Waals surface area (Å²) in [5.74, 6) is 2.66. The summed E-state index contributed by atoms with van der Waals surface area (Å²) in [6, 6.07) is 23.4. The number of rotatable bonds is 7. The van der Waals surface area contributed by atoms with Crippen LogP contribution in [0, 0.1) is 0 Å². The van der Waals surface area contributed by atoms with Crippen molar-refractivity contribution < 1.29 is 0 Å². The number of anilines is 2. The van der Waals surface area contributed by atoms with Crippen LogP contribution in [0.2, 0.25) is 0 Å². The second-order valence-corrected chi connectivity index (χ2v) is 6.72. The molecule has 0 radical (unpaired) electrons. The van der Waals surface area contributed by atoms with E-state index >= 15 is 0 Å². The Bertz CT molecular complexity index is 845. The molecule has 1 N–H and O–H groups in total. The van der Waals surface area contributed by atoms with Crippen LogP contribution < -0.4 is 10.2 Å². The summed E-state index contributed by atoms with van der Waals surface area (Å²) < 4.78 is 0. The molecule has 1 fully saturated rings. The minimum Gasteiger partial charge on any atom is -0.367 e. The maximum Gasteiger partial charge on any atom is 0.163 e. The summed E-state index contributed by atoms with van der Waals surface area (Å²) in [5.41, 5.74) is 2.33. The lowest BCUT2D eigenvalue weighted by atomic mass is 10.2. The summed E-state index contributed by atoms with van der Waals surface area (Å²) in [6.07, 6.45) is 2.45. The lowest BCUT2D eigenvalue weighted by Crippen LogP contribution is -2.23. The predicted molar refractivity (Wildman–Crippen MR) is 107 cm³/mol. The van der Waals surface area contributed by atoms with Gasteiger partial charge in [0.25, 0.3) is 0 Å². The minimum absolute atomic E-state index is 0.561. The fourth-order valence-electron chi connectivity index (χ4n) is 2.98. The van der Waals surface area contributed by atoms with Crippen LogP contribution in [0.4, 0.5) is 11.6 Å². The van der Waals surface area contributed by atoms with Gasteiger partial charge in [-0.1, -0.05) is 60.7 Å². The van der Waals surface area contributed by atoms with Crippen molar-refractivity contribution in [2.24, 2.45) is 0 Å². The Morgan fingerprint density at radius 3 is 2.31 bits per heavy atom. The maximum absolute atomic E-state index is 4.87. The van der Waals surface area contributed by atoms with E-state index < -0.39 is 0 Å². The molecule has 132 valence electrons. The number of aromatic nitrogens is 2. The second kappa shape index (κ2) is 7.56. The quantitative estimate of drug-likeness (QED) is 0.672. The molecule has 1 aliphatic rings. The van der Waals surface area contributed by atoms with Gasteiger partial charge in [0.05, 0.1) is 0 Å². The van der Waals surface area contributed by atoms with Gasteiger partial charge in [0.15, 0.2) is 5.82 Å². The van der Waals surface area contributed by atoms with Gasteiger partial charge in [-0.2, -0.15) is 0 Å². The molecule has 26 heavy (non-hydrogen) atoms. The summed E-state index contributed by atoms with van der Waals surface area (Å²) in [6.45, 7) is 3.90. The molecule has 1 saturated carbocycles. The van der Waals surface area contributed by atoms with Crippen LogP contribution in [-0.2, 0) is 6.54 Å². The SMILES string of the molecule is CCN(Cc1ccccc1)c1cc(NC2CC2)nc(-c2ccccc2)n1. The van der Waals surface area contributed by atoms with E-state index in [1.54, 1.807) is 0 Å². The zero-order chi connectivity index (χ0) is 17.8. The van der Waals surface area contributed by atoms with E-state index in [0.29, 0.717) is 6.04 Å². The van der Waals surface area contributed by atoms with Crippen LogP contribution in [0.1, 0.15) is 25.3 Å². The minimum atomic E-state index is 0.561. The first-order valence-corrected chi connectivity index (χ1v) is 9.32. The second-order valence-electron chi connectivity index (χ2n) is 6.72. The third-order valence-electron chi connectivity index (χ3n) is 4.60. The fraction of sp³-hybridized carbons (Fsp3) is 0.273. The number of nitrogens with one attached hydrogen (secondary N) is 1. The van der Waals surface area contributed by atoms with Gasteiger partial charge in [-0.25, -0.2) is 9.97 Å². The van der Waals surface area contributed by atoms with Crippen molar-refractivity contribution in [1.82, 2.24) is 9.97 Å². The number of benzene rings is 2. The Morgan fingerprint density at radius 2 is 1.65 bits per heavy atom. The largest absolute Gasteiger partial charge is 0.367 e. The van der Waals surface area contributed by atoms with Gasteiger partial charge in [-0.3, -0.25) is 0 Å². The van der Waals surface area contributed by atoms with Crippen LogP contribution >= 0.6 is 0 Å². The van der Waals surface area contributed by atoms with Gasteiger partial charge in [-0.15, -0.1) is 0 Å². The average molecular weight is 344 g/mol. The van der Waals surface area contributed by atoms with E-state index in [2.05, 4.69) is 65.7 Å². The van der Waals surface area contributed by atoms with Crippen molar-refractivity contribution in [2.75, 3.05) is 16.8 Å². The molecular weight excluding hydrogens is 320 g/mol. The van der Waals surface area contributed by atoms with Crippen LogP contribution in [-0.4, -0.2) is 22.6 Å². The number of nitrogens with zero attached hydrogens (tertiary/aromatic N) is 3. The third-order valence-corrected chi connectivity index (χ3v) is 4.60. The van der Waals surface area contributed by atoms with E-state index in [1.165, 1.54) is 18.4 Å². The van der Waals surface area contributed by atoms with Gasteiger partial charge >= 0.3 is 0 Å². The standard InChI is InChI=1S/C22H24N4/c1-2-26(16-17-9-5-3-6-10-17)21-15-20(23-19-13-14-19)24-22(25-21)18-11-7-4-8-12-18/h3-12,15,19H,2,13-14,16H2,1H3,(H,23,24,25). The summed E-state index contributed by atoms with van der Waals surface area (Å²) >= 11 is 0. The first kappa shape index (κ1) is 16.6. The number of hydrogen-bond donors (Lipinski definition) is 1. The Kier molecular flexibility index (Phi) is 4.82. The highest BCUT2D eigenvalue weighted by atomic mass is 15.2. The van der Waals surface area contributed by atoms with Crippen molar-refractivity contribution in [3.05, 3.63) is 72.3 Å². The molecule has 4 heteroatoms. The molecule has 1 aliphatic carbocycles. The van der Waals surface area contributed by atoms with Crippen LogP contribution in [0.25, 0.3) is 11.4 Å². The third kappa shape index (κ3) is 4.02. The van der Waals surface area contributed by atoms with Crippen molar-refractivity contribution in [3.8, 4) is 11.4 Å². The van der Waals surface area contributed by atoms with Crippen LogP contribution in [0.3, 0.4) is 0 Å². The van der Waals surface area contributed by atoms with Gasteiger partial charge in [-0.05, 0) is 25.3 Å². The fourth-order valence-corrected chi connectivity index (χ4v) is 2.98. The normalized spacial score (nSPS) is 13.4. The molecule has 1 heterocycles. The molecule has 0 amide bonds. The molecule has 2 aromatic carbocycles. The average Bonchev–Trinajstić information content (AvgIpc) is 3.51. The van der Waals surface area contributed by atoms with E-state index in [0.717, 1.165) is 36.1 Å². The lowest BCUT2D eigenvalue weighted by Gasteiger charge is -2.23. The topological polar surface area (TPSA) is 41.0 Å². The maximum atomic E-state index is 4.87. The molecule has 3 aromatic rings. The van der Waals surface area contributed by atoms with Gasteiger partial charge < -0.3 is 10.2 Å². The molecule has 0 bridgehead atoms. The van der Waals surface area contributed by atoms with Gasteiger partial charge in [0.1, 0.15) is 11.6 Å². The summed E-state index contributed by atoms with van der Waals surface area (Å²) in [5, 5.41) is 3.53. The highest BCUT2D eigenvalue weighted by Crippen LogP contribution is 2.28. The van der Waals surface area contributed by atoms with E-state index in [4.69, 9.17) is 9.97 Å². The first-order valence-electron chi connectivity index (χ1n) is 9.32. The van der Waals surface area contributed by atoms with Crippen LogP contribution in [0.15, 0.2) is 66.7 Å². The van der Waals surface area contributed by atoms with Crippen molar-refractivity contribution in [1.29, 1.82) is 0 Å². The Labute approximate surface area is 154 Å². The molecular formula is C22H24N4. The van der Waals surface area contributed by atoms with E-state index in [-0.39, 0.29) is 0 Å². The molecule has 0 atom stereocenters. The van der Waals surface area contributed by atoms with Gasteiger partial charge in [0.2, 0.25) is 0 Å². The van der Waals surface area contributed by atoms with E-state index in [9.17, 15) is 0 Å². The molecule has 0 saturated heterocycles. The monoisotopic (exact) mass is 344 g/mol. The summed E-state index contributed by atoms with van der Waals surface area (Å²) in [4.78, 5) is 11.9. The predicted octanol–water partition coefficient (Wildman–Crippen LogP) is 4.74. The molecule has 4 rings (SSSR count). The Balaban J connectivity index is 1.68. The highest BCUT2D eigenvalue weighted by Gasteiger charge is 2.22. The van der Waals surface area contributed by atoms with E-state index in [1.807, 2.05) is 18.2 Å². The van der Waals surface area contributed by atoms with Gasteiger partial charge in [0, 0.05) is 30.8 Å². The van der Waals surface area contributed by atoms with Crippen molar-refractivity contribution in [2.45, 2.75) is 32.4 Å². The van der Waals surface area contributed by atoms with Crippen LogP contribution in [0.5, 0.6) is 0 Å². The summed E-state index contributed by atoms with van der Waals surface area (Å²) in [7, 11) is 0. The van der Waals surface area contributed by atoms with Crippen molar-refractivity contribution in [3.63, 3.8) is 0 Å². The molecule has 4 nitrogen and oxygen atoms in total. The Morgan fingerprint density at radius 1 is 0.962 bits per heavy atom. The first-order chi connectivity index (χ1) is 12.8. The Hall–Kier alpha value is -2.88. The lowest BCUT2D eigenvalue weighted by molar-refractivity contribution is 0.811. The molecule has 1 aromatic heterocycles. The number of hydrogen-bond acceptors (Lipinski definition) is 4.